The van der Waals surface area contributed by atoms with Crippen LogP contribution >= 0.6 is 23.8 Å². The molecule has 0 aliphatic carbocycles. The predicted octanol–water partition coefficient (Wildman–Crippen LogP) is 6.43. The molecule has 0 aliphatic rings. The number of methoxy groups -OCH3 is 3. The predicted molar refractivity (Wildman–Crippen MR) is 146 cm³/mol. The molecule has 36 heavy (non-hydrogen) atoms. The average molecular weight is 528 g/mol. The van der Waals surface area contributed by atoms with Crippen LogP contribution < -0.4 is 19.5 Å². The molecule has 0 saturated carbocycles. The number of benzene rings is 3. The van der Waals surface area contributed by atoms with Crippen LogP contribution in [0, 0.1) is 5.82 Å². The number of thiocarbonyl (C=S) groups is 1. The summed E-state index contributed by atoms with van der Waals surface area (Å²) in [5.74, 6) is 1.62. The maximum absolute atomic E-state index is 13.6. The van der Waals surface area contributed by atoms with Crippen molar-refractivity contribution in [1.29, 1.82) is 0 Å². The molecule has 1 aromatic heterocycles. The van der Waals surface area contributed by atoms with E-state index in [4.69, 9.17) is 38.0 Å². The first-order valence-electron chi connectivity index (χ1n) is 11.3. The van der Waals surface area contributed by atoms with E-state index in [1.807, 2.05) is 47.5 Å². The summed E-state index contributed by atoms with van der Waals surface area (Å²) in [5, 5.41) is 4.81. The summed E-state index contributed by atoms with van der Waals surface area (Å²) in [7, 11) is 4.87. The number of hydrogen-bond acceptors (Lipinski definition) is 4. The maximum Gasteiger partial charge on any atom is 0.173 e. The lowest BCUT2D eigenvalue weighted by molar-refractivity contribution is 0.353. The van der Waals surface area contributed by atoms with Crippen molar-refractivity contribution < 1.29 is 18.6 Å². The fourth-order valence-corrected chi connectivity index (χ4v) is 4.43. The molecule has 188 valence electrons. The molecule has 0 amide bonds. The number of nitrogens with one attached hydrogen (secondary N) is 2. The van der Waals surface area contributed by atoms with Gasteiger partial charge in [-0.3, -0.25) is 0 Å². The second kappa shape index (κ2) is 11.5. The summed E-state index contributed by atoms with van der Waals surface area (Å²) in [5.41, 5.74) is 3.79. The molecule has 4 rings (SSSR count). The topological polar surface area (TPSA) is 58.8 Å². The van der Waals surface area contributed by atoms with Gasteiger partial charge >= 0.3 is 0 Å². The molecule has 0 atom stereocenters. The summed E-state index contributed by atoms with van der Waals surface area (Å²) in [6.07, 6.45) is 2.74. The van der Waals surface area contributed by atoms with Crippen molar-refractivity contribution in [2.24, 2.45) is 0 Å². The van der Waals surface area contributed by atoms with Gasteiger partial charge < -0.3 is 29.4 Å². The van der Waals surface area contributed by atoms with E-state index in [0.717, 1.165) is 34.2 Å². The van der Waals surface area contributed by atoms with Crippen LogP contribution in [-0.2, 0) is 13.0 Å². The van der Waals surface area contributed by atoms with Crippen molar-refractivity contribution in [1.82, 2.24) is 9.88 Å². The third-order valence-electron chi connectivity index (χ3n) is 5.91. The zero-order valence-electron chi connectivity index (χ0n) is 20.2. The van der Waals surface area contributed by atoms with E-state index in [1.54, 1.807) is 27.4 Å². The van der Waals surface area contributed by atoms with Gasteiger partial charge in [-0.05, 0) is 78.3 Å². The van der Waals surface area contributed by atoms with E-state index < -0.39 is 5.82 Å². The highest BCUT2D eigenvalue weighted by Gasteiger charge is 2.15. The van der Waals surface area contributed by atoms with Crippen LogP contribution in [-0.4, -0.2) is 42.9 Å². The second-order valence-corrected chi connectivity index (χ2v) is 8.94. The van der Waals surface area contributed by atoms with Crippen LogP contribution in [0.1, 0.15) is 11.1 Å². The van der Waals surface area contributed by atoms with Gasteiger partial charge in [0.1, 0.15) is 11.6 Å². The molecule has 0 aliphatic heterocycles. The van der Waals surface area contributed by atoms with E-state index in [-0.39, 0.29) is 5.02 Å². The van der Waals surface area contributed by atoms with Gasteiger partial charge in [-0.2, -0.15) is 0 Å². The Morgan fingerprint density at radius 3 is 2.53 bits per heavy atom. The first-order chi connectivity index (χ1) is 17.4. The van der Waals surface area contributed by atoms with Gasteiger partial charge in [0.2, 0.25) is 0 Å². The zero-order valence-corrected chi connectivity index (χ0v) is 21.8. The lowest BCUT2D eigenvalue weighted by Crippen LogP contribution is -2.35. The zero-order chi connectivity index (χ0) is 25.7. The SMILES string of the molecule is COc1ccc2[nH]cc(CCN(Cc3ccc(OC)c(OC)c3)C(=S)Nc3ccc(F)c(Cl)c3)c2c1. The molecule has 3 aromatic carbocycles. The minimum Gasteiger partial charge on any atom is -0.497 e. The van der Waals surface area contributed by atoms with Gasteiger partial charge in [0.05, 0.1) is 26.4 Å². The lowest BCUT2D eigenvalue weighted by atomic mass is 10.1. The van der Waals surface area contributed by atoms with Crippen molar-refractivity contribution in [3.05, 3.63) is 82.8 Å². The Hall–Kier alpha value is -3.49. The Morgan fingerprint density at radius 1 is 1.00 bits per heavy atom. The highest BCUT2D eigenvalue weighted by Crippen LogP contribution is 2.29. The van der Waals surface area contributed by atoms with Crippen molar-refractivity contribution in [2.45, 2.75) is 13.0 Å². The molecule has 0 spiro atoms. The number of ether oxygens (including phenoxy) is 3. The molecule has 0 unspecified atom stereocenters. The molecular formula is C27H27ClFN3O3S. The molecule has 9 heteroatoms. The van der Waals surface area contributed by atoms with E-state index in [1.165, 1.54) is 12.1 Å². The van der Waals surface area contributed by atoms with Gasteiger partial charge in [0.15, 0.2) is 16.6 Å². The molecule has 0 fully saturated rings. The molecule has 0 saturated heterocycles. The van der Waals surface area contributed by atoms with E-state index in [0.29, 0.717) is 35.4 Å². The summed E-state index contributed by atoms with van der Waals surface area (Å²) in [4.78, 5) is 5.37. The minimum atomic E-state index is -0.481. The highest BCUT2D eigenvalue weighted by molar-refractivity contribution is 7.80. The number of anilines is 1. The monoisotopic (exact) mass is 527 g/mol. The molecular weight excluding hydrogens is 501 g/mol. The van der Waals surface area contributed by atoms with Gasteiger partial charge in [0.25, 0.3) is 0 Å². The number of fused-ring (bicyclic) bond motifs is 1. The molecule has 2 N–H and O–H groups in total. The molecule has 0 radical (unpaired) electrons. The fraction of sp³-hybridized carbons (Fsp3) is 0.222. The number of halogens is 2. The largest absolute Gasteiger partial charge is 0.497 e. The van der Waals surface area contributed by atoms with Crippen LogP contribution in [0.5, 0.6) is 17.2 Å². The standard InChI is InChI=1S/C27H27ClFN3O3S/c1-33-20-6-8-24-21(14-20)18(15-30-24)10-11-32(16-17-4-9-25(34-2)26(12-17)35-3)27(36)31-19-5-7-23(29)22(28)13-19/h4-9,12-15,30H,10-11,16H2,1-3H3,(H,31,36). The van der Waals surface area contributed by atoms with Crippen LogP contribution in [0.15, 0.2) is 60.8 Å². The molecule has 6 nitrogen and oxygen atoms in total. The number of rotatable bonds is 9. The summed E-state index contributed by atoms with van der Waals surface area (Å²) in [6, 6.07) is 16.2. The van der Waals surface area contributed by atoms with Gasteiger partial charge in [-0.1, -0.05) is 17.7 Å². The van der Waals surface area contributed by atoms with Gasteiger partial charge in [-0.15, -0.1) is 0 Å². The van der Waals surface area contributed by atoms with Gasteiger partial charge in [0, 0.05) is 35.9 Å². The first kappa shape index (κ1) is 25.6. The molecule has 1 heterocycles. The Bertz CT molecular complexity index is 1380. The van der Waals surface area contributed by atoms with Crippen LogP contribution in [0.4, 0.5) is 10.1 Å². The van der Waals surface area contributed by atoms with Crippen molar-refractivity contribution in [3.8, 4) is 17.2 Å². The third-order valence-corrected chi connectivity index (χ3v) is 6.56. The lowest BCUT2D eigenvalue weighted by Gasteiger charge is -2.26. The number of aromatic amines is 1. The van der Waals surface area contributed by atoms with Crippen LogP contribution in [0.3, 0.4) is 0 Å². The summed E-state index contributed by atoms with van der Waals surface area (Å²) in [6.45, 7) is 1.14. The van der Waals surface area contributed by atoms with Crippen LogP contribution in [0.2, 0.25) is 5.02 Å². The normalized spacial score (nSPS) is 10.8. The number of nitrogens with zero attached hydrogens (tertiary/aromatic N) is 1. The quantitative estimate of drug-likeness (QED) is 0.245. The minimum absolute atomic E-state index is 0.0296. The number of H-pyrrole nitrogens is 1. The average Bonchev–Trinajstić information content (AvgIpc) is 3.30. The third kappa shape index (κ3) is 5.83. The number of hydrogen-bond donors (Lipinski definition) is 2. The highest BCUT2D eigenvalue weighted by atomic mass is 35.5. The summed E-state index contributed by atoms with van der Waals surface area (Å²) < 4.78 is 29.9. The molecule has 4 aromatic rings. The Morgan fingerprint density at radius 2 is 1.81 bits per heavy atom. The van der Waals surface area contributed by atoms with Crippen LogP contribution in [0.25, 0.3) is 10.9 Å². The smallest absolute Gasteiger partial charge is 0.173 e. The maximum atomic E-state index is 13.6. The Labute approximate surface area is 219 Å². The number of aromatic nitrogens is 1. The summed E-state index contributed by atoms with van der Waals surface area (Å²) >= 11 is 11.7. The second-order valence-electron chi connectivity index (χ2n) is 8.15. The molecule has 0 bridgehead atoms. The van der Waals surface area contributed by atoms with E-state index >= 15 is 0 Å². The van der Waals surface area contributed by atoms with Crippen molar-refractivity contribution >= 4 is 45.5 Å². The van der Waals surface area contributed by atoms with Crippen molar-refractivity contribution in [3.63, 3.8) is 0 Å². The van der Waals surface area contributed by atoms with Gasteiger partial charge in [-0.25, -0.2) is 4.39 Å². The van der Waals surface area contributed by atoms with E-state index in [9.17, 15) is 4.39 Å². The van der Waals surface area contributed by atoms with E-state index in [2.05, 4.69) is 10.3 Å². The Balaban J connectivity index is 1.58. The van der Waals surface area contributed by atoms with Crippen molar-refractivity contribution in [2.75, 3.05) is 33.2 Å². The first-order valence-corrected chi connectivity index (χ1v) is 12.1. The fourth-order valence-electron chi connectivity index (χ4n) is 3.97. The Kier molecular flexibility index (Phi) is 8.18.